The predicted octanol–water partition coefficient (Wildman–Crippen LogP) is 2.26. The number of hydrogen-bond acceptors (Lipinski definition) is 4. The molecular formula is C19H24N2O4. The van der Waals surface area contributed by atoms with E-state index in [1.165, 1.54) is 0 Å². The molecule has 1 atom stereocenters. The van der Waals surface area contributed by atoms with Gasteiger partial charge in [0.25, 0.3) is 5.91 Å². The van der Waals surface area contributed by atoms with E-state index < -0.39 is 5.91 Å². The smallest absolute Gasteiger partial charge is 0.309 e. The highest BCUT2D eigenvalue weighted by atomic mass is 16.5. The number of esters is 1. The second-order valence-electron chi connectivity index (χ2n) is 6.18. The number of hydrogen-bond donors (Lipinski definition) is 2. The van der Waals surface area contributed by atoms with Gasteiger partial charge in [0, 0.05) is 5.69 Å². The van der Waals surface area contributed by atoms with Crippen molar-refractivity contribution in [3.8, 4) is 0 Å². The van der Waals surface area contributed by atoms with Gasteiger partial charge in [-0.05, 0) is 44.2 Å². The summed E-state index contributed by atoms with van der Waals surface area (Å²) in [6.45, 7) is 3.27. The molecule has 1 aliphatic carbocycles. The molecule has 0 saturated carbocycles. The van der Waals surface area contributed by atoms with Crippen LogP contribution in [-0.4, -0.2) is 30.9 Å². The number of amides is 2. The summed E-state index contributed by atoms with van der Waals surface area (Å²) < 4.78 is 5.02. The average molecular weight is 344 g/mol. The molecule has 25 heavy (non-hydrogen) atoms. The van der Waals surface area contributed by atoms with Gasteiger partial charge in [0.15, 0.2) is 6.61 Å². The second-order valence-corrected chi connectivity index (χ2v) is 6.18. The highest BCUT2D eigenvalue weighted by molar-refractivity contribution is 5.96. The summed E-state index contributed by atoms with van der Waals surface area (Å²) in [5.74, 6) is -1.35. The second kappa shape index (κ2) is 9.01. The van der Waals surface area contributed by atoms with E-state index in [0.717, 1.165) is 29.7 Å². The normalized spacial score (nSPS) is 16.2. The minimum atomic E-state index is -0.489. The number of carbonyl (C=O) groups is 3. The standard InChI is InChI=1S/C19H24N2O4/c1-13-7-6-8-14(2)18(13)21-16(22)11-20-17(23)12-25-19(24)15-9-4-3-5-10-15/h3-4,6-8,15H,5,9-12H2,1-2H3,(H,20,23)(H,21,22)/t15-/m1/s1. The van der Waals surface area contributed by atoms with Crippen LogP contribution in [0.25, 0.3) is 0 Å². The third kappa shape index (κ3) is 5.74. The number of rotatable bonds is 6. The third-order valence-corrected chi connectivity index (χ3v) is 4.14. The lowest BCUT2D eigenvalue weighted by Crippen LogP contribution is -2.36. The van der Waals surface area contributed by atoms with Crippen molar-refractivity contribution in [3.63, 3.8) is 0 Å². The zero-order valence-corrected chi connectivity index (χ0v) is 14.6. The maximum atomic E-state index is 12.0. The quantitative estimate of drug-likeness (QED) is 0.612. The lowest BCUT2D eigenvalue weighted by molar-refractivity contribution is -0.152. The van der Waals surface area contributed by atoms with Crippen molar-refractivity contribution in [1.29, 1.82) is 0 Å². The fraction of sp³-hybridized carbons (Fsp3) is 0.421. The summed E-state index contributed by atoms with van der Waals surface area (Å²) in [4.78, 5) is 35.5. The van der Waals surface area contributed by atoms with Gasteiger partial charge in [-0.15, -0.1) is 0 Å². The van der Waals surface area contributed by atoms with Gasteiger partial charge in [0.2, 0.25) is 5.91 Å². The Morgan fingerprint density at radius 3 is 2.48 bits per heavy atom. The minimum absolute atomic E-state index is 0.170. The van der Waals surface area contributed by atoms with E-state index in [-0.39, 0.29) is 30.9 Å². The number of benzene rings is 1. The number of ether oxygens (including phenoxy) is 1. The minimum Gasteiger partial charge on any atom is -0.455 e. The van der Waals surface area contributed by atoms with Crippen LogP contribution in [0, 0.1) is 19.8 Å². The Morgan fingerprint density at radius 2 is 1.84 bits per heavy atom. The summed E-state index contributed by atoms with van der Waals surface area (Å²) in [5.41, 5.74) is 2.66. The van der Waals surface area contributed by atoms with Crippen LogP contribution < -0.4 is 10.6 Å². The van der Waals surface area contributed by atoms with Crippen LogP contribution >= 0.6 is 0 Å². The van der Waals surface area contributed by atoms with Gasteiger partial charge >= 0.3 is 5.97 Å². The maximum absolute atomic E-state index is 12.0. The van der Waals surface area contributed by atoms with Gasteiger partial charge in [-0.25, -0.2) is 0 Å². The topological polar surface area (TPSA) is 84.5 Å². The molecule has 1 aliphatic rings. The molecule has 0 bridgehead atoms. The number of anilines is 1. The Morgan fingerprint density at radius 1 is 1.12 bits per heavy atom. The molecule has 1 aromatic rings. The average Bonchev–Trinajstić information content (AvgIpc) is 2.62. The Kier molecular flexibility index (Phi) is 6.74. The number of nitrogens with one attached hydrogen (secondary N) is 2. The maximum Gasteiger partial charge on any atom is 0.309 e. The van der Waals surface area contributed by atoms with Crippen molar-refractivity contribution in [2.24, 2.45) is 5.92 Å². The van der Waals surface area contributed by atoms with E-state index >= 15 is 0 Å². The molecule has 134 valence electrons. The van der Waals surface area contributed by atoms with Crippen LogP contribution in [0.2, 0.25) is 0 Å². The first-order chi connectivity index (χ1) is 12.0. The molecule has 0 saturated heterocycles. The van der Waals surface area contributed by atoms with Gasteiger partial charge < -0.3 is 15.4 Å². The lowest BCUT2D eigenvalue weighted by atomic mass is 9.95. The van der Waals surface area contributed by atoms with Gasteiger partial charge in [-0.1, -0.05) is 30.4 Å². The molecule has 0 heterocycles. The molecule has 0 aromatic heterocycles. The van der Waals surface area contributed by atoms with Crippen LogP contribution in [0.4, 0.5) is 5.69 Å². The molecule has 1 aromatic carbocycles. The van der Waals surface area contributed by atoms with Crippen molar-refractivity contribution in [2.45, 2.75) is 33.1 Å². The zero-order valence-electron chi connectivity index (χ0n) is 14.6. The summed E-state index contributed by atoms with van der Waals surface area (Å²) >= 11 is 0. The molecule has 0 unspecified atom stereocenters. The van der Waals surface area contributed by atoms with Crippen molar-refractivity contribution >= 4 is 23.5 Å². The zero-order chi connectivity index (χ0) is 18.2. The molecule has 0 radical (unpaired) electrons. The van der Waals surface area contributed by atoms with E-state index in [4.69, 9.17) is 4.74 Å². The van der Waals surface area contributed by atoms with Gasteiger partial charge in [0.05, 0.1) is 12.5 Å². The summed E-state index contributed by atoms with van der Waals surface area (Å²) in [7, 11) is 0. The van der Waals surface area contributed by atoms with E-state index in [1.54, 1.807) is 0 Å². The Balaban J connectivity index is 1.71. The molecule has 0 spiro atoms. The fourth-order valence-electron chi connectivity index (χ4n) is 2.69. The number of carbonyl (C=O) groups excluding carboxylic acids is 3. The Hall–Kier alpha value is -2.63. The van der Waals surface area contributed by atoms with E-state index in [2.05, 4.69) is 10.6 Å². The van der Waals surface area contributed by atoms with Crippen LogP contribution in [0.15, 0.2) is 30.4 Å². The van der Waals surface area contributed by atoms with Gasteiger partial charge in [-0.2, -0.15) is 0 Å². The number of para-hydroxylation sites is 1. The first-order valence-corrected chi connectivity index (χ1v) is 8.41. The molecule has 6 nitrogen and oxygen atoms in total. The molecule has 2 N–H and O–H groups in total. The monoisotopic (exact) mass is 344 g/mol. The fourth-order valence-corrected chi connectivity index (χ4v) is 2.69. The van der Waals surface area contributed by atoms with Crippen molar-refractivity contribution in [3.05, 3.63) is 41.5 Å². The molecule has 2 amide bonds. The largest absolute Gasteiger partial charge is 0.455 e. The highest BCUT2D eigenvalue weighted by Crippen LogP contribution is 2.20. The molecule has 0 aliphatic heterocycles. The van der Waals surface area contributed by atoms with Crippen LogP contribution in [0.1, 0.15) is 30.4 Å². The van der Waals surface area contributed by atoms with Crippen LogP contribution in [0.3, 0.4) is 0 Å². The molecule has 0 fully saturated rings. The van der Waals surface area contributed by atoms with Crippen molar-refractivity contribution < 1.29 is 19.1 Å². The van der Waals surface area contributed by atoms with Gasteiger partial charge in [-0.3, -0.25) is 14.4 Å². The van der Waals surface area contributed by atoms with Gasteiger partial charge in [0.1, 0.15) is 0 Å². The SMILES string of the molecule is Cc1cccc(C)c1NC(=O)CNC(=O)COC(=O)[C@@H]1CC=CCC1. The van der Waals surface area contributed by atoms with E-state index in [0.29, 0.717) is 6.42 Å². The number of allylic oxidation sites excluding steroid dienone is 2. The van der Waals surface area contributed by atoms with E-state index in [9.17, 15) is 14.4 Å². The van der Waals surface area contributed by atoms with Crippen molar-refractivity contribution in [2.75, 3.05) is 18.5 Å². The third-order valence-electron chi connectivity index (χ3n) is 4.14. The summed E-state index contributed by atoms with van der Waals surface area (Å²) in [6.07, 6.45) is 6.23. The first-order valence-electron chi connectivity index (χ1n) is 8.41. The lowest BCUT2D eigenvalue weighted by Gasteiger charge is -2.16. The van der Waals surface area contributed by atoms with Crippen LogP contribution in [-0.2, 0) is 19.1 Å². The molecule has 6 heteroatoms. The Bertz CT molecular complexity index is 662. The molecule has 2 rings (SSSR count). The predicted molar refractivity (Wildman–Crippen MR) is 95.0 cm³/mol. The highest BCUT2D eigenvalue weighted by Gasteiger charge is 2.21. The number of aryl methyl sites for hydroxylation is 2. The summed E-state index contributed by atoms with van der Waals surface area (Å²) in [6, 6.07) is 5.72. The summed E-state index contributed by atoms with van der Waals surface area (Å²) in [5, 5.41) is 5.24. The van der Waals surface area contributed by atoms with E-state index in [1.807, 2.05) is 44.2 Å². The van der Waals surface area contributed by atoms with Crippen LogP contribution in [0.5, 0.6) is 0 Å². The Labute approximate surface area is 147 Å². The first kappa shape index (κ1) is 18.7. The molecular weight excluding hydrogens is 320 g/mol. The van der Waals surface area contributed by atoms with Crippen molar-refractivity contribution in [1.82, 2.24) is 5.32 Å².